The highest BCUT2D eigenvalue weighted by Crippen LogP contribution is 2.40. The average molecular weight is 260 g/mol. The number of rotatable bonds is 2. The summed E-state index contributed by atoms with van der Waals surface area (Å²) >= 11 is 0. The van der Waals surface area contributed by atoms with Gasteiger partial charge in [-0.05, 0) is 23.8 Å². The van der Waals surface area contributed by atoms with Crippen LogP contribution in [0.1, 0.15) is 21.5 Å². The fraction of sp³-hybridized carbons (Fsp3) is 0.133. The third-order valence-electron chi connectivity index (χ3n) is 3.15. The summed E-state index contributed by atoms with van der Waals surface area (Å²) in [6.45, 7) is 0. The Morgan fingerprint density at radius 1 is 1.05 bits per heavy atom. The zero-order valence-electron chi connectivity index (χ0n) is 9.90. The maximum absolute atomic E-state index is 14.8. The second-order valence-corrected chi connectivity index (χ2v) is 4.47. The summed E-state index contributed by atoms with van der Waals surface area (Å²) in [6, 6.07) is 11.8. The molecule has 0 aromatic heterocycles. The van der Waals surface area contributed by atoms with Crippen LogP contribution in [0.4, 0.5) is 8.78 Å². The Labute approximate surface area is 108 Å². The van der Waals surface area contributed by atoms with E-state index >= 15 is 0 Å². The number of fused-ring (bicyclic) bond motifs is 1. The van der Waals surface area contributed by atoms with E-state index in [-0.39, 0.29) is 23.4 Å². The summed E-state index contributed by atoms with van der Waals surface area (Å²) in [5.41, 5.74) is 1.03. The SMILES string of the molecule is O=C1OC(F)(Cc2ccc(F)cc2)c2ccccc21. The van der Waals surface area contributed by atoms with E-state index in [0.29, 0.717) is 5.56 Å². The van der Waals surface area contributed by atoms with E-state index in [0.717, 1.165) is 0 Å². The Hall–Kier alpha value is -2.23. The van der Waals surface area contributed by atoms with E-state index in [1.54, 1.807) is 12.1 Å². The number of hydrogen-bond donors (Lipinski definition) is 0. The summed E-state index contributed by atoms with van der Waals surface area (Å²) in [5.74, 6) is -3.23. The van der Waals surface area contributed by atoms with Crippen LogP contribution in [0.25, 0.3) is 0 Å². The number of ether oxygens (including phenoxy) is 1. The van der Waals surface area contributed by atoms with E-state index in [1.165, 1.54) is 36.4 Å². The number of alkyl halides is 1. The van der Waals surface area contributed by atoms with Crippen LogP contribution in [0.2, 0.25) is 0 Å². The molecular weight excluding hydrogens is 250 g/mol. The molecule has 0 amide bonds. The van der Waals surface area contributed by atoms with Gasteiger partial charge in [-0.25, -0.2) is 9.18 Å². The summed E-state index contributed by atoms with van der Waals surface area (Å²) in [4.78, 5) is 11.6. The minimum absolute atomic E-state index is 0.129. The van der Waals surface area contributed by atoms with Gasteiger partial charge in [0, 0.05) is 12.0 Å². The summed E-state index contributed by atoms with van der Waals surface area (Å²) in [7, 11) is 0. The third-order valence-corrected chi connectivity index (χ3v) is 3.15. The van der Waals surface area contributed by atoms with Gasteiger partial charge in [-0.15, -0.1) is 0 Å². The van der Waals surface area contributed by atoms with Crippen molar-refractivity contribution >= 4 is 5.97 Å². The van der Waals surface area contributed by atoms with Gasteiger partial charge >= 0.3 is 5.97 Å². The first-order chi connectivity index (χ1) is 9.08. The Morgan fingerprint density at radius 3 is 2.47 bits per heavy atom. The highest BCUT2D eigenvalue weighted by Gasteiger charge is 2.45. The Balaban J connectivity index is 1.97. The second-order valence-electron chi connectivity index (χ2n) is 4.47. The lowest BCUT2D eigenvalue weighted by Gasteiger charge is -2.19. The molecule has 19 heavy (non-hydrogen) atoms. The van der Waals surface area contributed by atoms with Crippen LogP contribution in [-0.4, -0.2) is 5.97 Å². The molecule has 0 saturated carbocycles. The molecule has 0 saturated heterocycles. The van der Waals surface area contributed by atoms with Gasteiger partial charge in [0.1, 0.15) is 5.82 Å². The largest absolute Gasteiger partial charge is 0.420 e. The van der Waals surface area contributed by atoms with Crippen molar-refractivity contribution in [2.75, 3.05) is 0 Å². The van der Waals surface area contributed by atoms with Gasteiger partial charge in [-0.3, -0.25) is 0 Å². The van der Waals surface area contributed by atoms with Crippen LogP contribution < -0.4 is 0 Å². The molecule has 0 fully saturated rings. The normalized spacial score (nSPS) is 21.1. The number of halogens is 2. The lowest BCUT2D eigenvalue weighted by Crippen LogP contribution is -2.23. The van der Waals surface area contributed by atoms with E-state index in [9.17, 15) is 13.6 Å². The topological polar surface area (TPSA) is 26.3 Å². The molecule has 0 aliphatic carbocycles. The van der Waals surface area contributed by atoms with Crippen molar-refractivity contribution in [2.45, 2.75) is 12.3 Å². The van der Waals surface area contributed by atoms with Gasteiger partial charge in [0.15, 0.2) is 0 Å². The predicted octanol–water partition coefficient (Wildman–Crippen LogP) is 3.36. The number of benzene rings is 2. The first kappa shape index (κ1) is 11.8. The van der Waals surface area contributed by atoms with Crippen molar-refractivity contribution in [3.8, 4) is 0 Å². The maximum atomic E-state index is 14.8. The van der Waals surface area contributed by atoms with E-state index < -0.39 is 11.8 Å². The predicted molar refractivity (Wildman–Crippen MR) is 64.7 cm³/mol. The molecular formula is C15H10F2O2. The zero-order chi connectivity index (χ0) is 13.5. The minimum atomic E-state index is -2.18. The Morgan fingerprint density at radius 2 is 1.74 bits per heavy atom. The summed E-state index contributed by atoms with van der Waals surface area (Å²) < 4.78 is 32.5. The Bertz CT molecular complexity index is 637. The average Bonchev–Trinajstić information content (AvgIpc) is 2.65. The molecule has 0 N–H and O–H groups in total. The quantitative estimate of drug-likeness (QED) is 0.774. The van der Waals surface area contributed by atoms with Gasteiger partial charge in [-0.1, -0.05) is 30.3 Å². The van der Waals surface area contributed by atoms with Crippen molar-refractivity contribution in [1.82, 2.24) is 0 Å². The van der Waals surface area contributed by atoms with Gasteiger partial charge in [0.25, 0.3) is 5.85 Å². The van der Waals surface area contributed by atoms with Crippen LogP contribution in [0.5, 0.6) is 0 Å². The number of hydrogen-bond acceptors (Lipinski definition) is 2. The lowest BCUT2D eigenvalue weighted by atomic mass is 9.97. The van der Waals surface area contributed by atoms with Crippen molar-refractivity contribution < 1.29 is 18.3 Å². The number of esters is 1. The van der Waals surface area contributed by atoms with E-state index in [1.807, 2.05) is 0 Å². The summed E-state index contributed by atoms with van der Waals surface area (Å²) in [6.07, 6.45) is -0.129. The molecule has 2 aromatic carbocycles. The molecule has 0 radical (unpaired) electrons. The molecule has 3 rings (SSSR count). The molecule has 0 bridgehead atoms. The fourth-order valence-corrected chi connectivity index (χ4v) is 2.24. The van der Waals surface area contributed by atoms with E-state index in [2.05, 4.69) is 0 Å². The van der Waals surface area contributed by atoms with Crippen molar-refractivity contribution in [3.05, 3.63) is 71.0 Å². The molecule has 4 heteroatoms. The molecule has 2 nitrogen and oxygen atoms in total. The second kappa shape index (κ2) is 4.16. The van der Waals surface area contributed by atoms with Crippen molar-refractivity contribution in [3.63, 3.8) is 0 Å². The van der Waals surface area contributed by atoms with Crippen LogP contribution in [0.3, 0.4) is 0 Å². The molecule has 1 heterocycles. The molecule has 1 aliphatic heterocycles. The summed E-state index contributed by atoms with van der Waals surface area (Å²) in [5, 5.41) is 0. The highest BCUT2D eigenvalue weighted by molar-refractivity contribution is 5.94. The molecule has 1 atom stereocenters. The van der Waals surface area contributed by atoms with Gasteiger partial charge in [0.05, 0.1) is 5.56 Å². The highest BCUT2D eigenvalue weighted by atomic mass is 19.2. The number of carbonyl (C=O) groups excluding carboxylic acids is 1. The van der Waals surface area contributed by atoms with Gasteiger partial charge in [-0.2, -0.15) is 4.39 Å². The molecule has 0 spiro atoms. The van der Waals surface area contributed by atoms with Crippen molar-refractivity contribution in [2.24, 2.45) is 0 Å². The van der Waals surface area contributed by atoms with E-state index in [4.69, 9.17) is 4.74 Å². The minimum Gasteiger partial charge on any atom is -0.420 e. The standard InChI is InChI=1S/C15H10F2O2/c16-11-7-5-10(6-8-11)9-15(17)13-4-2-1-3-12(13)14(18)19-15/h1-8H,9H2. The molecule has 2 aromatic rings. The first-order valence-corrected chi connectivity index (χ1v) is 5.85. The third kappa shape index (κ3) is 1.99. The van der Waals surface area contributed by atoms with Crippen molar-refractivity contribution in [1.29, 1.82) is 0 Å². The molecule has 1 unspecified atom stereocenters. The maximum Gasteiger partial charge on any atom is 0.341 e. The van der Waals surface area contributed by atoms with Crippen LogP contribution >= 0.6 is 0 Å². The zero-order valence-corrected chi connectivity index (χ0v) is 9.90. The number of carbonyl (C=O) groups is 1. The number of cyclic esters (lactones) is 1. The molecule has 1 aliphatic rings. The monoisotopic (exact) mass is 260 g/mol. The Kier molecular flexibility index (Phi) is 2.59. The smallest absolute Gasteiger partial charge is 0.341 e. The van der Waals surface area contributed by atoms with Crippen LogP contribution in [0, 0.1) is 5.82 Å². The lowest BCUT2D eigenvalue weighted by molar-refractivity contribution is -0.0967. The molecule has 96 valence electrons. The van der Waals surface area contributed by atoms with Crippen LogP contribution in [0.15, 0.2) is 48.5 Å². The fourth-order valence-electron chi connectivity index (χ4n) is 2.24. The van der Waals surface area contributed by atoms with Gasteiger partial charge in [0.2, 0.25) is 0 Å². The van der Waals surface area contributed by atoms with Crippen LogP contribution in [-0.2, 0) is 17.0 Å². The van der Waals surface area contributed by atoms with Gasteiger partial charge < -0.3 is 4.74 Å². The first-order valence-electron chi connectivity index (χ1n) is 5.85.